The van der Waals surface area contributed by atoms with Crippen molar-refractivity contribution in [1.29, 1.82) is 0 Å². The number of H-pyrrole nitrogens is 1. The maximum absolute atomic E-state index is 5.31. The topological polar surface area (TPSA) is 67.6 Å². The second-order valence-electron chi connectivity index (χ2n) is 4.36. The van der Waals surface area contributed by atoms with Gasteiger partial charge in [-0.2, -0.15) is 4.98 Å². The van der Waals surface area contributed by atoms with E-state index in [0.29, 0.717) is 11.7 Å². The summed E-state index contributed by atoms with van der Waals surface area (Å²) in [5, 5.41) is 5.07. The predicted molar refractivity (Wildman–Crippen MR) is 68.1 cm³/mol. The zero-order valence-corrected chi connectivity index (χ0v) is 10.3. The summed E-state index contributed by atoms with van der Waals surface area (Å²) in [5.41, 5.74) is 1.78. The van der Waals surface area contributed by atoms with Crippen LogP contribution in [0.25, 0.3) is 22.4 Å². The molecule has 5 heteroatoms. The van der Waals surface area contributed by atoms with Gasteiger partial charge in [-0.1, -0.05) is 19.0 Å². The maximum Gasteiger partial charge on any atom is 0.229 e. The van der Waals surface area contributed by atoms with Crippen molar-refractivity contribution in [3.63, 3.8) is 0 Å². The first-order valence-corrected chi connectivity index (χ1v) is 6.05. The Labute approximate surface area is 104 Å². The van der Waals surface area contributed by atoms with E-state index in [0.717, 1.165) is 23.0 Å². The number of nitrogens with one attached hydrogen (secondary N) is 1. The highest BCUT2D eigenvalue weighted by molar-refractivity contribution is 5.90. The van der Waals surface area contributed by atoms with Crippen LogP contribution in [0.2, 0.25) is 0 Å². The Kier molecular flexibility index (Phi) is 2.59. The van der Waals surface area contributed by atoms with Crippen molar-refractivity contribution >= 4 is 11.0 Å². The van der Waals surface area contributed by atoms with Crippen LogP contribution >= 0.6 is 0 Å². The monoisotopic (exact) mass is 242 g/mol. The molecule has 0 fully saturated rings. The van der Waals surface area contributed by atoms with Gasteiger partial charge in [0, 0.05) is 29.3 Å². The highest BCUT2D eigenvalue weighted by atomic mass is 16.5. The molecule has 0 aliphatic rings. The number of rotatable bonds is 3. The van der Waals surface area contributed by atoms with Gasteiger partial charge < -0.3 is 9.51 Å². The summed E-state index contributed by atoms with van der Waals surface area (Å²) in [5.74, 6) is 1.60. The molecule has 1 unspecified atom stereocenters. The minimum Gasteiger partial charge on any atom is -0.346 e. The number of hydrogen-bond donors (Lipinski definition) is 1. The Morgan fingerprint density at radius 1 is 1.39 bits per heavy atom. The molecule has 0 bridgehead atoms. The fourth-order valence-corrected chi connectivity index (χ4v) is 1.88. The van der Waals surface area contributed by atoms with Crippen molar-refractivity contribution in [2.45, 2.75) is 26.2 Å². The predicted octanol–water partition coefficient (Wildman–Crippen LogP) is 3.13. The molecule has 3 heterocycles. The minimum absolute atomic E-state index is 0.287. The molecule has 5 nitrogen and oxygen atoms in total. The van der Waals surface area contributed by atoms with Crippen molar-refractivity contribution in [1.82, 2.24) is 20.1 Å². The Balaban J connectivity index is 2.09. The van der Waals surface area contributed by atoms with Crippen LogP contribution in [0.5, 0.6) is 0 Å². The van der Waals surface area contributed by atoms with Crippen molar-refractivity contribution < 1.29 is 4.52 Å². The second kappa shape index (κ2) is 4.25. The van der Waals surface area contributed by atoms with Crippen molar-refractivity contribution in [3.05, 3.63) is 30.4 Å². The number of aromatic nitrogens is 4. The lowest BCUT2D eigenvalue weighted by Crippen LogP contribution is -1.91. The van der Waals surface area contributed by atoms with Crippen molar-refractivity contribution in [3.8, 4) is 11.4 Å². The Morgan fingerprint density at radius 2 is 2.28 bits per heavy atom. The Hall–Kier alpha value is -2.17. The summed E-state index contributed by atoms with van der Waals surface area (Å²) in [6.07, 6.45) is 4.59. The molecule has 3 aromatic heterocycles. The van der Waals surface area contributed by atoms with E-state index in [-0.39, 0.29) is 5.92 Å². The van der Waals surface area contributed by atoms with E-state index in [2.05, 4.69) is 34.0 Å². The van der Waals surface area contributed by atoms with E-state index >= 15 is 0 Å². The summed E-state index contributed by atoms with van der Waals surface area (Å²) in [6, 6.07) is 3.87. The van der Waals surface area contributed by atoms with Gasteiger partial charge in [-0.15, -0.1) is 0 Å². The summed E-state index contributed by atoms with van der Waals surface area (Å²) in [4.78, 5) is 11.8. The molecule has 0 aliphatic carbocycles. The van der Waals surface area contributed by atoms with Crippen LogP contribution in [0.3, 0.4) is 0 Å². The number of fused-ring (bicyclic) bond motifs is 1. The highest BCUT2D eigenvalue weighted by Gasteiger charge is 2.15. The van der Waals surface area contributed by atoms with Crippen molar-refractivity contribution in [2.24, 2.45) is 0 Å². The SMILES string of the molecule is CCC(C)c1nc(-c2ccnc3[nH]ccc23)no1. The van der Waals surface area contributed by atoms with Crippen LogP contribution in [-0.4, -0.2) is 20.1 Å². The molecular weight excluding hydrogens is 228 g/mol. The fraction of sp³-hybridized carbons (Fsp3) is 0.308. The third-order valence-corrected chi connectivity index (χ3v) is 3.18. The number of pyridine rings is 1. The zero-order chi connectivity index (χ0) is 12.5. The van der Waals surface area contributed by atoms with Gasteiger partial charge in [0.1, 0.15) is 5.65 Å². The van der Waals surface area contributed by atoms with Crippen LogP contribution in [-0.2, 0) is 0 Å². The number of hydrogen-bond acceptors (Lipinski definition) is 4. The lowest BCUT2D eigenvalue weighted by Gasteiger charge is -1.99. The Morgan fingerprint density at radius 3 is 3.11 bits per heavy atom. The molecule has 92 valence electrons. The molecule has 1 N–H and O–H groups in total. The molecule has 18 heavy (non-hydrogen) atoms. The standard InChI is InChI=1S/C13H14N4O/c1-3-8(2)13-16-12(17-18-13)10-5-7-15-11-9(10)4-6-14-11/h4-8H,3H2,1-2H3,(H,14,15). The average Bonchev–Trinajstić information content (AvgIpc) is 3.05. The largest absolute Gasteiger partial charge is 0.346 e. The summed E-state index contributed by atoms with van der Waals surface area (Å²) >= 11 is 0. The van der Waals surface area contributed by atoms with E-state index in [9.17, 15) is 0 Å². The van der Waals surface area contributed by atoms with Crippen LogP contribution in [0.15, 0.2) is 29.0 Å². The van der Waals surface area contributed by atoms with Crippen molar-refractivity contribution in [2.75, 3.05) is 0 Å². The maximum atomic E-state index is 5.31. The first kappa shape index (κ1) is 11.0. The number of aromatic amines is 1. The normalized spacial score (nSPS) is 13.0. The summed E-state index contributed by atoms with van der Waals surface area (Å²) in [7, 11) is 0. The third kappa shape index (κ3) is 1.68. The molecule has 0 spiro atoms. The third-order valence-electron chi connectivity index (χ3n) is 3.18. The van der Waals surface area contributed by atoms with Crippen LogP contribution < -0.4 is 0 Å². The summed E-state index contributed by atoms with van der Waals surface area (Å²) < 4.78 is 5.31. The van der Waals surface area contributed by atoms with Gasteiger partial charge in [0.05, 0.1) is 0 Å². The second-order valence-corrected chi connectivity index (χ2v) is 4.36. The quantitative estimate of drug-likeness (QED) is 0.766. The molecule has 3 aromatic rings. The molecule has 3 rings (SSSR count). The first-order valence-electron chi connectivity index (χ1n) is 6.05. The molecule has 0 saturated carbocycles. The van der Waals surface area contributed by atoms with Gasteiger partial charge in [0.2, 0.25) is 11.7 Å². The van der Waals surface area contributed by atoms with E-state index in [1.165, 1.54) is 0 Å². The number of nitrogens with zero attached hydrogens (tertiary/aromatic N) is 3. The molecule has 0 radical (unpaired) electrons. The van der Waals surface area contributed by atoms with E-state index in [1.54, 1.807) is 6.20 Å². The molecule has 0 saturated heterocycles. The van der Waals surface area contributed by atoms with E-state index < -0.39 is 0 Å². The minimum atomic E-state index is 0.287. The van der Waals surface area contributed by atoms with Crippen LogP contribution in [0.1, 0.15) is 32.1 Å². The lowest BCUT2D eigenvalue weighted by atomic mass is 10.1. The van der Waals surface area contributed by atoms with E-state index in [1.807, 2.05) is 18.3 Å². The highest BCUT2D eigenvalue weighted by Crippen LogP contribution is 2.26. The smallest absolute Gasteiger partial charge is 0.229 e. The molecule has 0 amide bonds. The molecule has 0 aliphatic heterocycles. The Bertz CT molecular complexity index is 670. The average molecular weight is 242 g/mol. The first-order chi connectivity index (χ1) is 8.79. The van der Waals surface area contributed by atoms with Gasteiger partial charge in [0.25, 0.3) is 0 Å². The molecule has 1 atom stereocenters. The summed E-state index contributed by atoms with van der Waals surface area (Å²) in [6.45, 7) is 4.18. The lowest BCUT2D eigenvalue weighted by molar-refractivity contribution is 0.357. The van der Waals surface area contributed by atoms with Gasteiger partial charge in [-0.05, 0) is 18.6 Å². The van der Waals surface area contributed by atoms with Gasteiger partial charge >= 0.3 is 0 Å². The van der Waals surface area contributed by atoms with Crippen LogP contribution in [0, 0.1) is 0 Å². The van der Waals surface area contributed by atoms with Gasteiger partial charge in [0.15, 0.2) is 0 Å². The van der Waals surface area contributed by atoms with Gasteiger partial charge in [-0.25, -0.2) is 4.98 Å². The fourth-order valence-electron chi connectivity index (χ4n) is 1.88. The van der Waals surface area contributed by atoms with Gasteiger partial charge in [-0.3, -0.25) is 0 Å². The van der Waals surface area contributed by atoms with Crippen LogP contribution in [0.4, 0.5) is 0 Å². The molecule has 0 aromatic carbocycles. The molecular formula is C13H14N4O. The zero-order valence-electron chi connectivity index (χ0n) is 10.3. The van der Waals surface area contributed by atoms with E-state index in [4.69, 9.17) is 4.52 Å².